The van der Waals surface area contributed by atoms with Gasteiger partial charge in [-0.25, -0.2) is 9.67 Å². The van der Waals surface area contributed by atoms with E-state index < -0.39 is 0 Å². The average molecular weight is 353 g/mol. The number of benzene rings is 1. The maximum atomic E-state index is 12.9. The lowest BCUT2D eigenvalue weighted by Gasteiger charge is -2.37. The lowest BCUT2D eigenvalue weighted by molar-refractivity contribution is 0.0541. The van der Waals surface area contributed by atoms with Crippen LogP contribution in [0, 0.1) is 5.92 Å². The Balaban J connectivity index is 1.72. The summed E-state index contributed by atoms with van der Waals surface area (Å²) >= 11 is 1.38. The summed E-state index contributed by atoms with van der Waals surface area (Å²) in [5, 5.41) is 4.67. The van der Waals surface area contributed by atoms with Crippen molar-refractivity contribution in [3.8, 4) is 11.4 Å². The molecule has 1 atom stereocenters. The second-order valence-corrected chi connectivity index (χ2v) is 7.32. The van der Waals surface area contributed by atoms with Gasteiger partial charge in [0.15, 0.2) is 11.6 Å². The molecule has 2 aromatic heterocycles. The van der Waals surface area contributed by atoms with Crippen molar-refractivity contribution in [2.75, 3.05) is 6.54 Å². The van der Waals surface area contributed by atoms with E-state index in [-0.39, 0.29) is 17.9 Å². The zero-order valence-corrected chi connectivity index (χ0v) is 15.0. The molecular formula is C18H19N5OS. The molecule has 1 amide bonds. The number of aromatic nitrogens is 4. The summed E-state index contributed by atoms with van der Waals surface area (Å²) in [7, 11) is 0. The zero-order valence-electron chi connectivity index (χ0n) is 14.2. The van der Waals surface area contributed by atoms with Crippen molar-refractivity contribution in [1.29, 1.82) is 0 Å². The Labute approximate surface area is 150 Å². The Bertz CT molecular complexity index is 872. The third-order valence-electron chi connectivity index (χ3n) is 4.42. The highest BCUT2D eigenvalue weighted by atomic mass is 32.1. The average Bonchev–Trinajstić information content (AvgIpc) is 3.30. The molecule has 7 heteroatoms. The number of amides is 1. The quantitative estimate of drug-likeness (QED) is 0.725. The fourth-order valence-corrected chi connectivity index (χ4v) is 3.85. The van der Waals surface area contributed by atoms with Crippen LogP contribution in [0.15, 0.2) is 42.0 Å². The van der Waals surface area contributed by atoms with Crippen LogP contribution in [0.4, 0.5) is 0 Å². The standard InChI is InChI=1S/C18H19N5OS/c1-12(2)15-17-20-16(13-6-4-3-5-7-13)21-23(17)9-8-22(15)18(24)14-10-19-11-25-14/h3-7,10-12,15H,8-9H2,1-2H3/t15-/m0/s1. The Morgan fingerprint density at radius 3 is 2.72 bits per heavy atom. The Hall–Kier alpha value is -2.54. The maximum absolute atomic E-state index is 12.9. The van der Waals surface area contributed by atoms with Gasteiger partial charge in [-0.15, -0.1) is 11.3 Å². The number of fused-ring (bicyclic) bond motifs is 1. The van der Waals surface area contributed by atoms with Crippen molar-refractivity contribution in [1.82, 2.24) is 24.6 Å². The van der Waals surface area contributed by atoms with E-state index in [0.29, 0.717) is 23.8 Å². The highest BCUT2D eigenvalue weighted by Gasteiger charge is 2.36. The molecule has 6 nitrogen and oxygen atoms in total. The van der Waals surface area contributed by atoms with Gasteiger partial charge in [-0.1, -0.05) is 44.2 Å². The normalized spacial score (nSPS) is 16.9. The van der Waals surface area contributed by atoms with Crippen LogP contribution in [-0.4, -0.2) is 37.1 Å². The van der Waals surface area contributed by atoms with E-state index in [1.807, 2.05) is 39.9 Å². The van der Waals surface area contributed by atoms with E-state index in [1.54, 1.807) is 11.7 Å². The van der Waals surface area contributed by atoms with Gasteiger partial charge >= 0.3 is 0 Å². The van der Waals surface area contributed by atoms with Gasteiger partial charge < -0.3 is 4.90 Å². The first-order chi connectivity index (χ1) is 12.1. The van der Waals surface area contributed by atoms with Crippen LogP contribution in [0.1, 0.15) is 35.4 Å². The van der Waals surface area contributed by atoms with Gasteiger partial charge in [0.2, 0.25) is 0 Å². The van der Waals surface area contributed by atoms with Crippen LogP contribution < -0.4 is 0 Å². The number of carbonyl (C=O) groups is 1. The van der Waals surface area contributed by atoms with Gasteiger partial charge in [0.05, 0.1) is 24.3 Å². The summed E-state index contributed by atoms with van der Waals surface area (Å²) in [6, 6.07) is 9.86. The molecule has 0 saturated heterocycles. The van der Waals surface area contributed by atoms with E-state index in [2.05, 4.69) is 23.9 Å². The Morgan fingerprint density at radius 2 is 2.04 bits per heavy atom. The van der Waals surface area contributed by atoms with E-state index in [1.165, 1.54) is 11.3 Å². The predicted octanol–water partition coefficient (Wildman–Crippen LogP) is 3.25. The fourth-order valence-electron chi connectivity index (χ4n) is 3.28. The molecule has 0 aliphatic carbocycles. The largest absolute Gasteiger partial charge is 0.326 e. The summed E-state index contributed by atoms with van der Waals surface area (Å²) in [4.78, 5) is 24.3. The molecular weight excluding hydrogens is 334 g/mol. The fraction of sp³-hybridized carbons (Fsp3) is 0.333. The van der Waals surface area contributed by atoms with Crippen molar-refractivity contribution in [2.45, 2.75) is 26.4 Å². The number of nitrogens with zero attached hydrogens (tertiary/aromatic N) is 5. The van der Waals surface area contributed by atoms with E-state index in [9.17, 15) is 4.79 Å². The van der Waals surface area contributed by atoms with Gasteiger partial charge in [-0.2, -0.15) is 5.10 Å². The summed E-state index contributed by atoms with van der Waals surface area (Å²) < 4.78 is 1.95. The lowest BCUT2D eigenvalue weighted by Crippen LogP contribution is -2.44. The first-order valence-corrected chi connectivity index (χ1v) is 9.22. The molecule has 1 aliphatic rings. The number of hydrogen-bond donors (Lipinski definition) is 0. The van der Waals surface area contributed by atoms with Gasteiger partial charge in [0, 0.05) is 12.1 Å². The molecule has 0 saturated carbocycles. The van der Waals surface area contributed by atoms with Crippen LogP contribution in [0.3, 0.4) is 0 Å². The summed E-state index contributed by atoms with van der Waals surface area (Å²) in [6.45, 7) is 5.52. The molecule has 25 heavy (non-hydrogen) atoms. The minimum atomic E-state index is -0.0895. The van der Waals surface area contributed by atoms with E-state index in [0.717, 1.165) is 11.4 Å². The molecule has 1 aliphatic heterocycles. The SMILES string of the molecule is CC(C)[C@H]1c2nc(-c3ccccc3)nn2CCN1C(=O)c1cncs1. The van der Waals surface area contributed by atoms with E-state index in [4.69, 9.17) is 4.98 Å². The van der Waals surface area contributed by atoms with Crippen LogP contribution in [0.5, 0.6) is 0 Å². The molecule has 0 unspecified atom stereocenters. The van der Waals surface area contributed by atoms with Crippen molar-refractivity contribution in [2.24, 2.45) is 5.92 Å². The number of hydrogen-bond acceptors (Lipinski definition) is 5. The maximum Gasteiger partial charge on any atom is 0.266 e. The monoisotopic (exact) mass is 353 g/mol. The van der Waals surface area contributed by atoms with Gasteiger partial charge in [-0.3, -0.25) is 9.78 Å². The molecule has 0 spiro atoms. The second-order valence-electron chi connectivity index (χ2n) is 6.44. The van der Waals surface area contributed by atoms with Gasteiger partial charge in [0.1, 0.15) is 4.88 Å². The second kappa shape index (κ2) is 6.40. The summed E-state index contributed by atoms with van der Waals surface area (Å²) in [5.41, 5.74) is 2.68. The Kier molecular flexibility index (Phi) is 4.09. The first-order valence-electron chi connectivity index (χ1n) is 8.35. The minimum Gasteiger partial charge on any atom is -0.326 e. The molecule has 0 fully saturated rings. The topological polar surface area (TPSA) is 63.9 Å². The highest BCUT2D eigenvalue weighted by molar-refractivity contribution is 7.11. The third-order valence-corrected chi connectivity index (χ3v) is 5.18. The smallest absolute Gasteiger partial charge is 0.266 e. The first kappa shape index (κ1) is 16.0. The van der Waals surface area contributed by atoms with Crippen molar-refractivity contribution >= 4 is 17.2 Å². The predicted molar refractivity (Wildman–Crippen MR) is 96.2 cm³/mol. The lowest BCUT2D eigenvalue weighted by atomic mass is 9.99. The van der Waals surface area contributed by atoms with Crippen LogP contribution in [-0.2, 0) is 6.54 Å². The van der Waals surface area contributed by atoms with Crippen molar-refractivity contribution < 1.29 is 4.79 Å². The van der Waals surface area contributed by atoms with Crippen LogP contribution in [0.25, 0.3) is 11.4 Å². The van der Waals surface area contributed by atoms with E-state index >= 15 is 0 Å². The van der Waals surface area contributed by atoms with Crippen LogP contribution in [0.2, 0.25) is 0 Å². The molecule has 3 heterocycles. The molecule has 128 valence electrons. The molecule has 0 N–H and O–H groups in total. The van der Waals surface area contributed by atoms with Gasteiger partial charge in [0.25, 0.3) is 5.91 Å². The van der Waals surface area contributed by atoms with Crippen molar-refractivity contribution in [3.63, 3.8) is 0 Å². The molecule has 4 rings (SSSR count). The molecule has 3 aromatic rings. The van der Waals surface area contributed by atoms with Crippen molar-refractivity contribution in [3.05, 3.63) is 52.7 Å². The number of thiazole rings is 1. The Morgan fingerprint density at radius 1 is 1.24 bits per heavy atom. The molecule has 0 bridgehead atoms. The summed E-state index contributed by atoms with van der Waals surface area (Å²) in [5.74, 6) is 1.84. The number of rotatable bonds is 3. The number of carbonyl (C=O) groups excluding carboxylic acids is 1. The van der Waals surface area contributed by atoms with Gasteiger partial charge in [-0.05, 0) is 5.92 Å². The van der Waals surface area contributed by atoms with Crippen LogP contribution >= 0.6 is 11.3 Å². The highest BCUT2D eigenvalue weighted by Crippen LogP contribution is 2.33. The zero-order chi connectivity index (χ0) is 17.4. The molecule has 0 radical (unpaired) electrons. The minimum absolute atomic E-state index is 0.0247. The summed E-state index contributed by atoms with van der Waals surface area (Å²) in [6.07, 6.45) is 1.64. The molecule has 1 aromatic carbocycles. The third kappa shape index (κ3) is 2.84.